The first kappa shape index (κ1) is 19.7. The van der Waals surface area contributed by atoms with Crippen LogP contribution in [-0.2, 0) is 6.61 Å². The maximum atomic E-state index is 12.7. The fourth-order valence-corrected chi connectivity index (χ4v) is 2.78. The van der Waals surface area contributed by atoms with Crippen molar-refractivity contribution in [3.05, 3.63) is 93.5 Å². The molecule has 0 saturated heterocycles. The van der Waals surface area contributed by atoms with Gasteiger partial charge in [0.2, 0.25) is 5.91 Å². The Kier molecular flexibility index (Phi) is 6.19. The third-order valence-electron chi connectivity index (χ3n) is 3.94. The number of carbonyl (C=O) groups excluding carboxylic acids is 2. The molecule has 3 aromatic rings. The minimum absolute atomic E-state index is 0.243. The van der Waals surface area contributed by atoms with Gasteiger partial charge in [-0.3, -0.25) is 9.59 Å². The van der Waals surface area contributed by atoms with Gasteiger partial charge in [-0.25, -0.2) is 0 Å². The lowest BCUT2D eigenvalue weighted by Crippen LogP contribution is -2.16. The summed E-state index contributed by atoms with van der Waals surface area (Å²) < 4.78 is 5.80. The average Bonchev–Trinajstić information content (AvgIpc) is 2.69. The molecule has 0 aliphatic heterocycles. The molecule has 142 valence electrons. The molecule has 2 amide bonds. The first-order valence-electron chi connectivity index (χ1n) is 8.31. The third kappa shape index (κ3) is 4.82. The molecule has 0 spiro atoms. The first-order chi connectivity index (χ1) is 13.4. The van der Waals surface area contributed by atoms with Gasteiger partial charge in [0.05, 0.1) is 16.3 Å². The molecule has 0 heterocycles. The number of para-hydroxylation sites is 1. The Morgan fingerprint density at radius 1 is 0.964 bits per heavy atom. The normalized spacial score (nSPS) is 10.4. The van der Waals surface area contributed by atoms with E-state index in [0.29, 0.717) is 16.3 Å². The topological polar surface area (TPSA) is 81.4 Å². The van der Waals surface area contributed by atoms with E-state index in [9.17, 15) is 9.59 Å². The second kappa shape index (κ2) is 8.78. The highest BCUT2D eigenvalue weighted by Crippen LogP contribution is 2.26. The summed E-state index contributed by atoms with van der Waals surface area (Å²) in [5.41, 5.74) is 7.05. The lowest BCUT2D eigenvalue weighted by Gasteiger charge is -2.13. The molecule has 7 heteroatoms. The molecule has 28 heavy (non-hydrogen) atoms. The summed E-state index contributed by atoms with van der Waals surface area (Å²) in [7, 11) is 0. The molecule has 0 aliphatic carbocycles. The number of carbonyl (C=O) groups is 2. The van der Waals surface area contributed by atoms with E-state index >= 15 is 0 Å². The van der Waals surface area contributed by atoms with E-state index in [-0.39, 0.29) is 22.9 Å². The zero-order valence-electron chi connectivity index (χ0n) is 14.6. The van der Waals surface area contributed by atoms with Gasteiger partial charge in [0.25, 0.3) is 5.91 Å². The van der Waals surface area contributed by atoms with Gasteiger partial charge < -0.3 is 15.8 Å². The van der Waals surface area contributed by atoms with Crippen molar-refractivity contribution >= 4 is 40.7 Å². The van der Waals surface area contributed by atoms with Crippen LogP contribution in [0.1, 0.15) is 26.3 Å². The predicted octanol–water partition coefficient (Wildman–Crippen LogP) is 4.92. The molecule has 0 fully saturated rings. The molecule has 5 nitrogen and oxygen atoms in total. The van der Waals surface area contributed by atoms with Gasteiger partial charge in [-0.1, -0.05) is 47.5 Å². The van der Waals surface area contributed by atoms with Crippen molar-refractivity contribution in [3.63, 3.8) is 0 Å². The Labute approximate surface area is 172 Å². The van der Waals surface area contributed by atoms with Gasteiger partial charge in [-0.05, 0) is 48.0 Å². The lowest BCUT2D eigenvalue weighted by atomic mass is 10.1. The molecule has 0 unspecified atom stereocenters. The number of benzene rings is 3. The monoisotopic (exact) mass is 414 g/mol. The van der Waals surface area contributed by atoms with Crippen LogP contribution in [0.3, 0.4) is 0 Å². The summed E-state index contributed by atoms with van der Waals surface area (Å²) in [5, 5.41) is 3.62. The second-order valence-electron chi connectivity index (χ2n) is 5.92. The van der Waals surface area contributed by atoms with Crippen LogP contribution in [0.2, 0.25) is 10.0 Å². The number of nitrogens with one attached hydrogen (secondary N) is 1. The fraction of sp³-hybridized carbons (Fsp3) is 0.0476. The minimum Gasteiger partial charge on any atom is -0.488 e. The minimum atomic E-state index is -0.612. The Hall–Kier alpha value is -3.02. The number of hydrogen-bond donors (Lipinski definition) is 2. The summed E-state index contributed by atoms with van der Waals surface area (Å²) in [6.45, 7) is 0.277. The summed E-state index contributed by atoms with van der Waals surface area (Å²) in [5.74, 6) is -0.619. The molecular weight excluding hydrogens is 399 g/mol. The van der Waals surface area contributed by atoms with Crippen LogP contribution >= 0.6 is 23.2 Å². The molecular formula is C21H16Cl2N2O3. The van der Waals surface area contributed by atoms with Crippen LogP contribution in [-0.4, -0.2) is 11.8 Å². The molecule has 0 aliphatic rings. The average molecular weight is 415 g/mol. The van der Waals surface area contributed by atoms with E-state index in [2.05, 4.69) is 5.32 Å². The van der Waals surface area contributed by atoms with Crippen LogP contribution < -0.4 is 15.8 Å². The predicted molar refractivity (Wildman–Crippen MR) is 110 cm³/mol. The van der Waals surface area contributed by atoms with Crippen LogP contribution in [0.15, 0.2) is 66.7 Å². The molecule has 3 rings (SSSR count). The molecule has 3 aromatic carbocycles. The van der Waals surface area contributed by atoms with Crippen molar-refractivity contribution in [1.82, 2.24) is 0 Å². The van der Waals surface area contributed by atoms with Crippen LogP contribution in [0, 0.1) is 0 Å². The fourth-order valence-electron chi connectivity index (χ4n) is 2.49. The van der Waals surface area contributed by atoms with Crippen LogP contribution in [0.5, 0.6) is 5.75 Å². The van der Waals surface area contributed by atoms with E-state index in [1.54, 1.807) is 36.4 Å². The zero-order valence-corrected chi connectivity index (χ0v) is 16.1. The van der Waals surface area contributed by atoms with E-state index in [1.165, 1.54) is 18.2 Å². The number of nitrogens with two attached hydrogens (primary N) is 1. The van der Waals surface area contributed by atoms with Gasteiger partial charge in [0, 0.05) is 10.6 Å². The summed E-state index contributed by atoms with van der Waals surface area (Å²) in [6, 6.07) is 18.5. The largest absolute Gasteiger partial charge is 0.488 e. The van der Waals surface area contributed by atoms with Crippen molar-refractivity contribution in [2.75, 3.05) is 5.32 Å². The molecule has 0 radical (unpaired) electrons. The summed E-state index contributed by atoms with van der Waals surface area (Å²) in [4.78, 5) is 24.1. The van der Waals surface area contributed by atoms with Gasteiger partial charge in [0.1, 0.15) is 12.4 Å². The number of ether oxygens (including phenoxy) is 1. The maximum Gasteiger partial charge on any atom is 0.259 e. The van der Waals surface area contributed by atoms with Crippen LogP contribution in [0.25, 0.3) is 0 Å². The quantitative estimate of drug-likeness (QED) is 0.600. The van der Waals surface area contributed by atoms with E-state index in [4.69, 9.17) is 33.7 Å². The smallest absolute Gasteiger partial charge is 0.259 e. The Bertz CT molecular complexity index is 1020. The summed E-state index contributed by atoms with van der Waals surface area (Å²) in [6.07, 6.45) is 0. The number of halogens is 2. The Morgan fingerprint density at radius 3 is 2.39 bits per heavy atom. The van der Waals surface area contributed by atoms with Gasteiger partial charge in [-0.15, -0.1) is 0 Å². The number of anilines is 1. The molecule has 0 bridgehead atoms. The van der Waals surface area contributed by atoms with E-state index < -0.39 is 11.8 Å². The zero-order chi connectivity index (χ0) is 20.1. The number of primary amides is 1. The van der Waals surface area contributed by atoms with Crippen molar-refractivity contribution in [2.24, 2.45) is 5.73 Å². The molecule has 3 N–H and O–H groups in total. The third-order valence-corrected chi connectivity index (χ3v) is 4.52. The highest BCUT2D eigenvalue weighted by Gasteiger charge is 2.15. The van der Waals surface area contributed by atoms with Crippen molar-refractivity contribution in [2.45, 2.75) is 6.61 Å². The molecule has 0 aromatic heterocycles. The first-order valence-corrected chi connectivity index (χ1v) is 9.06. The van der Waals surface area contributed by atoms with Crippen molar-refractivity contribution in [3.8, 4) is 5.75 Å². The van der Waals surface area contributed by atoms with E-state index in [0.717, 1.165) is 5.56 Å². The van der Waals surface area contributed by atoms with Crippen molar-refractivity contribution < 1.29 is 14.3 Å². The molecule has 0 saturated carbocycles. The van der Waals surface area contributed by atoms with Crippen molar-refractivity contribution in [1.29, 1.82) is 0 Å². The van der Waals surface area contributed by atoms with Gasteiger partial charge in [-0.2, -0.15) is 0 Å². The Morgan fingerprint density at radius 2 is 1.68 bits per heavy atom. The van der Waals surface area contributed by atoms with E-state index in [1.807, 2.05) is 12.1 Å². The van der Waals surface area contributed by atoms with Gasteiger partial charge >= 0.3 is 0 Å². The number of amides is 2. The number of hydrogen-bond acceptors (Lipinski definition) is 3. The van der Waals surface area contributed by atoms with Crippen LogP contribution in [0.4, 0.5) is 5.69 Å². The maximum absolute atomic E-state index is 12.7. The SMILES string of the molecule is NC(=O)c1ccc(Cl)c(NC(=O)c2ccccc2OCc2ccc(Cl)cc2)c1. The molecule has 0 atom stereocenters. The summed E-state index contributed by atoms with van der Waals surface area (Å²) >= 11 is 12.0. The van der Waals surface area contributed by atoms with Gasteiger partial charge in [0.15, 0.2) is 0 Å². The second-order valence-corrected chi connectivity index (χ2v) is 6.77. The Balaban J connectivity index is 1.78. The highest BCUT2D eigenvalue weighted by atomic mass is 35.5. The highest BCUT2D eigenvalue weighted by molar-refractivity contribution is 6.34. The standard InChI is InChI=1S/C21H16Cl2N2O3/c22-15-8-5-13(6-9-15)12-28-19-4-2-1-3-16(19)21(27)25-18-11-14(20(24)26)7-10-17(18)23/h1-11H,12H2,(H2,24,26)(H,25,27). The number of rotatable bonds is 6. The lowest BCUT2D eigenvalue weighted by molar-refractivity contribution is 0.0995.